The summed E-state index contributed by atoms with van der Waals surface area (Å²) in [6, 6.07) is 6.59. The van der Waals surface area contributed by atoms with Gasteiger partial charge in [-0.2, -0.15) is 0 Å². The molecule has 0 heterocycles. The number of halogens is 1. The van der Waals surface area contributed by atoms with Gasteiger partial charge in [0.2, 0.25) is 0 Å². The Morgan fingerprint density at radius 1 is 1.33 bits per heavy atom. The van der Waals surface area contributed by atoms with Gasteiger partial charge in [-0.3, -0.25) is 0 Å². The van der Waals surface area contributed by atoms with Gasteiger partial charge >= 0.3 is 0 Å². The summed E-state index contributed by atoms with van der Waals surface area (Å²) < 4.78 is 1.08. The SMILES string of the molecule is CCC(Nc1cc(Br)ccc1N)C1CCCCC1. The van der Waals surface area contributed by atoms with E-state index >= 15 is 0 Å². The second-order valence-corrected chi connectivity index (χ2v) is 6.20. The van der Waals surface area contributed by atoms with Crippen molar-refractivity contribution in [2.45, 2.75) is 51.5 Å². The maximum absolute atomic E-state index is 6.04. The minimum Gasteiger partial charge on any atom is -0.397 e. The number of benzene rings is 1. The fourth-order valence-corrected chi connectivity index (χ4v) is 3.30. The molecule has 100 valence electrons. The summed E-state index contributed by atoms with van der Waals surface area (Å²) in [5, 5.41) is 3.65. The topological polar surface area (TPSA) is 38.0 Å². The largest absolute Gasteiger partial charge is 0.397 e. The molecule has 2 nitrogen and oxygen atoms in total. The summed E-state index contributed by atoms with van der Waals surface area (Å²) in [4.78, 5) is 0. The number of nitrogens with two attached hydrogens (primary N) is 1. The molecule has 3 N–H and O–H groups in total. The summed E-state index contributed by atoms with van der Waals surface area (Å²) in [6.07, 6.45) is 8.06. The number of hydrogen-bond donors (Lipinski definition) is 2. The van der Waals surface area contributed by atoms with Gasteiger partial charge < -0.3 is 11.1 Å². The van der Waals surface area contributed by atoms with E-state index in [1.165, 1.54) is 32.1 Å². The first-order chi connectivity index (χ1) is 8.70. The van der Waals surface area contributed by atoms with Gasteiger partial charge in [0.25, 0.3) is 0 Å². The Labute approximate surface area is 118 Å². The van der Waals surface area contributed by atoms with Crippen LogP contribution in [0.25, 0.3) is 0 Å². The van der Waals surface area contributed by atoms with E-state index < -0.39 is 0 Å². The van der Waals surface area contributed by atoms with Crippen LogP contribution in [-0.2, 0) is 0 Å². The highest BCUT2D eigenvalue weighted by Gasteiger charge is 2.22. The molecule has 0 spiro atoms. The number of nitrogen functional groups attached to an aromatic ring is 1. The van der Waals surface area contributed by atoms with E-state index in [2.05, 4.69) is 34.2 Å². The van der Waals surface area contributed by atoms with Crippen molar-refractivity contribution >= 4 is 27.3 Å². The Bertz CT molecular complexity index is 386. The highest BCUT2D eigenvalue weighted by Crippen LogP contribution is 2.31. The first-order valence-corrected chi connectivity index (χ1v) is 7.81. The van der Waals surface area contributed by atoms with E-state index in [0.29, 0.717) is 6.04 Å². The molecule has 0 aliphatic heterocycles. The smallest absolute Gasteiger partial charge is 0.0587 e. The van der Waals surface area contributed by atoms with Crippen LogP contribution >= 0.6 is 15.9 Å². The van der Waals surface area contributed by atoms with Crippen LogP contribution in [0.5, 0.6) is 0 Å². The van der Waals surface area contributed by atoms with Crippen molar-refractivity contribution in [3.63, 3.8) is 0 Å². The Morgan fingerprint density at radius 2 is 2.06 bits per heavy atom. The van der Waals surface area contributed by atoms with Crippen LogP contribution < -0.4 is 11.1 Å². The predicted molar refractivity (Wildman–Crippen MR) is 82.8 cm³/mol. The fourth-order valence-electron chi connectivity index (χ4n) is 2.94. The van der Waals surface area contributed by atoms with Gasteiger partial charge in [-0.05, 0) is 43.4 Å². The molecule has 0 amide bonds. The zero-order chi connectivity index (χ0) is 13.0. The monoisotopic (exact) mass is 310 g/mol. The molecule has 1 saturated carbocycles. The number of hydrogen-bond acceptors (Lipinski definition) is 2. The second kappa shape index (κ2) is 6.46. The molecule has 0 bridgehead atoms. The van der Waals surface area contributed by atoms with Crippen molar-refractivity contribution in [3.05, 3.63) is 22.7 Å². The van der Waals surface area contributed by atoms with Gasteiger partial charge in [-0.15, -0.1) is 0 Å². The van der Waals surface area contributed by atoms with Crippen LogP contribution in [0.3, 0.4) is 0 Å². The molecule has 1 unspecified atom stereocenters. The molecule has 1 aliphatic rings. The third-order valence-corrected chi connectivity index (χ3v) is 4.51. The van der Waals surface area contributed by atoms with E-state index in [9.17, 15) is 0 Å². The fraction of sp³-hybridized carbons (Fsp3) is 0.600. The van der Waals surface area contributed by atoms with Gasteiger partial charge in [0, 0.05) is 10.5 Å². The maximum atomic E-state index is 6.04. The standard InChI is InChI=1S/C15H23BrN2/c1-2-14(11-6-4-3-5-7-11)18-15-10-12(16)8-9-13(15)17/h8-11,14,18H,2-7,17H2,1H3. The molecule has 18 heavy (non-hydrogen) atoms. The van der Waals surface area contributed by atoms with Gasteiger partial charge in [0.15, 0.2) is 0 Å². The number of nitrogens with one attached hydrogen (secondary N) is 1. The van der Waals surface area contributed by atoms with Crippen LogP contribution in [0.2, 0.25) is 0 Å². The average Bonchev–Trinajstić information content (AvgIpc) is 2.41. The molecule has 1 atom stereocenters. The lowest BCUT2D eigenvalue weighted by Gasteiger charge is -2.31. The van der Waals surface area contributed by atoms with Crippen molar-refractivity contribution in [2.24, 2.45) is 5.92 Å². The van der Waals surface area contributed by atoms with Crippen molar-refractivity contribution in [1.82, 2.24) is 0 Å². The van der Waals surface area contributed by atoms with E-state index in [4.69, 9.17) is 5.73 Å². The van der Waals surface area contributed by atoms with Crippen LogP contribution in [0.15, 0.2) is 22.7 Å². The first-order valence-electron chi connectivity index (χ1n) is 7.02. The van der Waals surface area contributed by atoms with E-state index in [1.807, 2.05) is 12.1 Å². The Morgan fingerprint density at radius 3 is 2.72 bits per heavy atom. The molecule has 1 aromatic carbocycles. The van der Waals surface area contributed by atoms with E-state index in [0.717, 1.165) is 28.2 Å². The minimum absolute atomic E-state index is 0.557. The second-order valence-electron chi connectivity index (χ2n) is 5.29. The molecule has 0 radical (unpaired) electrons. The minimum atomic E-state index is 0.557. The van der Waals surface area contributed by atoms with Crippen molar-refractivity contribution < 1.29 is 0 Å². The zero-order valence-corrected chi connectivity index (χ0v) is 12.7. The van der Waals surface area contributed by atoms with Crippen LogP contribution in [0.4, 0.5) is 11.4 Å². The Hall–Kier alpha value is -0.700. The van der Waals surface area contributed by atoms with Gasteiger partial charge in [0.1, 0.15) is 0 Å². The van der Waals surface area contributed by atoms with Crippen LogP contribution in [0.1, 0.15) is 45.4 Å². The highest BCUT2D eigenvalue weighted by molar-refractivity contribution is 9.10. The summed E-state index contributed by atoms with van der Waals surface area (Å²) in [5.74, 6) is 0.808. The van der Waals surface area contributed by atoms with Crippen LogP contribution in [-0.4, -0.2) is 6.04 Å². The molecule has 3 heteroatoms. The third-order valence-electron chi connectivity index (χ3n) is 4.01. The molecule has 1 aliphatic carbocycles. The predicted octanol–water partition coefficient (Wildman–Crippen LogP) is 4.80. The molecule has 1 aromatic rings. The third kappa shape index (κ3) is 3.41. The summed E-state index contributed by atoms with van der Waals surface area (Å²) >= 11 is 3.51. The van der Waals surface area contributed by atoms with Crippen molar-refractivity contribution in [2.75, 3.05) is 11.1 Å². The van der Waals surface area contributed by atoms with Crippen LogP contribution in [0, 0.1) is 5.92 Å². The molecule has 0 saturated heterocycles. The van der Waals surface area contributed by atoms with Gasteiger partial charge in [-0.1, -0.05) is 42.1 Å². The molecule has 2 rings (SSSR count). The highest BCUT2D eigenvalue weighted by atomic mass is 79.9. The van der Waals surface area contributed by atoms with Crippen molar-refractivity contribution in [3.8, 4) is 0 Å². The number of rotatable bonds is 4. The van der Waals surface area contributed by atoms with Gasteiger partial charge in [0.05, 0.1) is 11.4 Å². The van der Waals surface area contributed by atoms with Gasteiger partial charge in [-0.25, -0.2) is 0 Å². The normalized spacial score (nSPS) is 18.6. The summed E-state index contributed by atoms with van der Waals surface area (Å²) in [5.41, 5.74) is 7.95. The molecular formula is C15H23BrN2. The maximum Gasteiger partial charge on any atom is 0.0587 e. The lowest BCUT2D eigenvalue weighted by atomic mass is 9.83. The zero-order valence-electron chi connectivity index (χ0n) is 11.1. The first kappa shape index (κ1) is 13.7. The summed E-state index contributed by atoms with van der Waals surface area (Å²) in [6.45, 7) is 2.26. The lowest BCUT2D eigenvalue weighted by molar-refractivity contribution is 0.313. The Kier molecular flexibility index (Phi) is 4.93. The molecular weight excluding hydrogens is 288 g/mol. The Balaban J connectivity index is 2.06. The molecule has 1 fully saturated rings. The van der Waals surface area contributed by atoms with Crippen molar-refractivity contribution in [1.29, 1.82) is 0 Å². The van der Waals surface area contributed by atoms with E-state index in [1.54, 1.807) is 0 Å². The number of anilines is 2. The summed E-state index contributed by atoms with van der Waals surface area (Å²) in [7, 11) is 0. The lowest BCUT2D eigenvalue weighted by Crippen LogP contribution is -2.30. The van der Waals surface area contributed by atoms with E-state index in [-0.39, 0.29) is 0 Å². The average molecular weight is 311 g/mol. The molecule has 0 aromatic heterocycles. The quantitative estimate of drug-likeness (QED) is 0.784.